The molecule has 2 rings (SSSR count). The van der Waals surface area contributed by atoms with Crippen LogP contribution in [0.1, 0.15) is 31.7 Å². The zero-order valence-corrected chi connectivity index (χ0v) is 14.4. The number of benzene rings is 2. The smallest absolute Gasteiger partial charge is 0.320 e. The molecule has 6 heteroatoms. The molecule has 0 radical (unpaired) electrons. The van der Waals surface area contributed by atoms with Crippen molar-refractivity contribution in [1.29, 1.82) is 0 Å². The van der Waals surface area contributed by atoms with Crippen LogP contribution in [0.15, 0.2) is 42.5 Å². The third-order valence-corrected chi connectivity index (χ3v) is 3.77. The van der Waals surface area contributed by atoms with Gasteiger partial charge in [0.15, 0.2) is 0 Å². The number of fused-ring (bicyclic) bond motifs is 1. The van der Waals surface area contributed by atoms with Crippen molar-refractivity contribution in [2.75, 3.05) is 0 Å². The fraction of sp³-hybridized carbons (Fsp3) is 0.368. The summed E-state index contributed by atoms with van der Waals surface area (Å²) in [4.78, 5) is 20.7. The molecule has 136 valence electrons. The molecule has 0 aliphatic carbocycles. The van der Waals surface area contributed by atoms with Crippen molar-refractivity contribution in [3.63, 3.8) is 0 Å². The Balaban J connectivity index is 0.000000299. The molecule has 0 aromatic heterocycles. The quantitative estimate of drug-likeness (QED) is 0.609. The molecule has 6 N–H and O–H groups in total. The topological polar surface area (TPSA) is 127 Å². The number of rotatable bonds is 7. The lowest BCUT2D eigenvalue weighted by Crippen LogP contribution is -2.32. The van der Waals surface area contributed by atoms with Crippen LogP contribution in [-0.2, 0) is 16.0 Å². The molecule has 0 saturated heterocycles. The van der Waals surface area contributed by atoms with Crippen LogP contribution >= 0.6 is 0 Å². The van der Waals surface area contributed by atoms with Gasteiger partial charge in [0.05, 0.1) is 0 Å². The number of hydrogen-bond acceptors (Lipinski definition) is 4. The number of unbranched alkanes of at least 4 members (excludes halogenated alkanes) is 1. The van der Waals surface area contributed by atoms with Crippen molar-refractivity contribution in [2.45, 2.75) is 44.7 Å². The van der Waals surface area contributed by atoms with E-state index in [-0.39, 0.29) is 0 Å². The molecule has 6 nitrogen and oxygen atoms in total. The number of carboxylic acids is 2. The van der Waals surface area contributed by atoms with Crippen LogP contribution in [-0.4, -0.2) is 34.2 Å². The SMILES string of the molecule is CCCCC(N)C(=O)O.NC(Cc1ccc2ccccc2c1)C(=O)O. The second-order valence-corrected chi connectivity index (χ2v) is 5.92. The first-order valence-corrected chi connectivity index (χ1v) is 8.29. The molecule has 0 saturated carbocycles. The zero-order chi connectivity index (χ0) is 18.8. The molecular weight excluding hydrogens is 320 g/mol. The molecule has 0 spiro atoms. The van der Waals surface area contributed by atoms with E-state index in [1.807, 2.05) is 49.4 Å². The average Bonchev–Trinajstić information content (AvgIpc) is 2.59. The highest BCUT2D eigenvalue weighted by atomic mass is 16.4. The van der Waals surface area contributed by atoms with Crippen molar-refractivity contribution in [3.05, 3.63) is 48.0 Å². The van der Waals surface area contributed by atoms with Crippen LogP contribution in [0.4, 0.5) is 0 Å². The van der Waals surface area contributed by atoms with E-state index in [9.17, 15) is 9.59 Å². The summed E-state index contributed by atoms with van der Waals surface area (Å²) in [7, 11) is 0. The van der Waals surface area contributed by atoms with Crippen LogP contribution in [0, 0.1) is 0 Å². The Morgan fingerprint density at radius 1 is 0.960 bits per heavy atom. The summed E-state index contributed by atoms with van der Waals surface area (Å²) >= 11 is 0. The molecule has 0 bridgehead atoms. The summed E-state index contributed by atoms with van der Waals surface area (Å²) in [5, 5.41) is 19.3. The largest absolute Gasteiger partial charge is 0.480 e. The summed E-state index contributed by atoms with van der Waals surface area (Å²) in [5.41, 5.74) is 11.6. The van der Waals surface area contributed by atoms with Gasteiger partial charge in [0.1, 0.15) is 12.1 Å². The van der Waals surface area contributed by atoms with Gasteiger partial charge in [-0.2, -0.15) is 0 Å². The Labute approximate surface area is 147 Å². The van der Waals surface area contributed by atoms with Crippen molar-refractivity contribution in [1.82, 2.24) is 0 Å². The number of carboxylic acid groups (broad SMARTS) is 2. The Bertz CT molecular complexity index is 703. The first-order chi connectivity index (χ1) is 11.8. The summed E-state index contributed by atoms with van der Waals surface area (Å²) in [5.74, 6) is -1.86. The van der Waals surface area contributed by atoms with E-state index >= 15 is 0 Å². The van der Waals surface area contributed by atoms with Gasteiger partial charge < -0.3 is 21.7 Å². The molecule has 2 unspecified atom stereocenters. The maximum atomic E-state index is 10.6. The summed E-state index contributed by atoms with van der Waals surface area (Å²) < 4.78 is 0. The zero-order valence-electron chi connectivity index (χ0n) is 14.4. The Hall–Kier alpha value is -2.44. The number of carbonyl (C=O) groups is 2. The standard InChI is InChI=1S/C13H13NO2.C6H13NO2/c14-12(13(15)16)8-9-5-6-10-3-1-2-4-11(10)7-9;1-2-3-4-5(7)6(8)9/h1-7,12H,8,14H2,(H,15,16);5H,2-4,7H2,1H3,(H,8,9). The molecule has 2 atom stereocenters. The summed E-state index contributed by atoms with van der Waals surface area (Å²) in [6.07, 6.45) is 2.85. The van der Waals surface area contributed by atoms with Gasteiger partial charge in [-0.1, -0.05) is 62.2 Å². The van der Waals surface area contributed by atoms with Gasteiger partial charge in [-0.05, 0) is 29.2 Å². The molecule has 0 aliphatic heterocycles. The molecule has 0 aliphatic rings. The van der Waals surface area contributed by atoms with E-state index < -0.39 is 24.0 Å². The summed E-state index contributed by atoms with van der Waals surface area (Å²) in [6.45, 7) is 2.01. The monoisotopic (exact) mass is 346 g/mol. The van der Waals surface area contributed by atoms with Crippen LogP contribution in [0.25, 0.3) is 10.8 Å². The highest BCUT2D eigenvalue weighted by Crippen LogP contribution is 2.16. The highest BCUT2D eigenvalue weighted by molar-refractivity contribution is 5.83. The first kappa shape index (κ1) is 20.6. The highest BCUT2D eigenvalue weighted by Gasteiger charge is 2.12. The first-order valence-electron chi connectivity index (χ1n) is 8.29. The van der Waals surface area contributed by atoms with Crippen LogP contribution in [0.5, 0.6) is 0 Å². The molecule has 0 heterocycles. The second-order valence-electron chi connectivity index (χ2n) is 5.92. The van der Waals surface area contributed by atoms with E-state index in [4.69, 9.17) is 21.7 Å². The van der Waals surface area contributed by atoms with E-state index in [1.165, 1.54) is 0 Å². The lowest BCUT2D eigenvalue weighted by Gasteiger charge is -2.07. The van der Waals surface area contributed by atoms with Crippen LogP contribution < -0.4 is 11.5 Å². The van der Waals surface area contributed by atoms with Crippen molar-refractivity contribution < 1.29 is 19.8 Å². The maximum absolute atomic E-state index is 10.6. The lowest BCUT2D eigenvalue weighted by atomic mass is 10.0. The number of nitrogens with two attached hydrogens (primary N) is 2. The third kappa shape index (κ3) is 7.32. The van der Waals surface area contributed by atoms with E-state index in [0.29, 0.717) is 12.8 Å². The minimum atomic E-state index is -0.965. The predicted molar refractivity (Wildman–Crippen MR) is 98.4 cm³/mol. The fourth-order valence-corrected chi connectivity index (χ4v) is 2.25. The van der Waals surface area contributed by atoms with Gasteiger partial charge in [0.25, 0.3) is 0 Å². The van der Waals surface area contributed by atoms with E-state index in [0.717, 1.165) is 29.2 Å². The van der Waals surface area contributed by atoms with Gasteiger partial charge in [0, 0.05) is 0 Å². The maximum Gasteiger partial charge on any atom is 0.320 e. The van der Waals surface area contributed by atoms with Crippen molar-refractivity contribution >= 4 is 22.7 Å². The van der Waals surface area contributed by atoms with Gasteiger partial charge >= 0.3 is 11.9 Å². The Kier molecular flexibility index (Phi) is 8.60. The minimum Gasteiger partial charge on any atom is -0.480 e. The van der Waals surface area contributed by atoms with E-state index in [2.05, 4.69) is 0 Å². The molecule has 0 fully saturated rings. The van der Waals surface area contributed by atoms with Gasteiger partial charge in [-0.3, -0.25) is 9.59 Å². The third-order valence-electron chi connectivity index (χ3n) is 3.77. The molecule has 0 amide bonds. The lowest BCUT2D eigenvalue weighted by molar-refractivity contribution is -0.139. The second kappa shape index (κ2) is 10.4. The van der Waals surface area contributed by atoms with Crippen LogP contribution in [0.3, 0.4) is 0 Å². The van der Waals surface area contributed by atoms with Gasteiger partial charge in [-0.15, -0.1) is 0 Å². The summed E-state index contributed by atoms with van der Waals surface area (Å²) in [6, 6.07) is 12.4. The Morgan fingerprint density at radius 3 is 2.12 bits per heavy atom. The van der Waals surface area contributed by atoms with Gasteiger partial charge in [-0.25, -0.2) is 0 Å². The van der Waals surface area contributed by atoms with E-state index in [1.54, 1.807) is 0 Å². The Morgan fingerprint density at radius 2 is 1.56 bits per heavy atom. The molecule has 2 aromatic rings. The molecule has 2 aromatic carbocycles. The van der Waals surface area contributed by atoms with Crippen LogP contribution in [0.2, 0.25) is 0 Å². The van der Waals surface area contributed by atoms with Crippen molar-refractivity contribution in [3.8, 4) is 0 Å². The predicted octanol–water partition coefficient (Wildman–Crippen LogP) is 2.38. The molecular formula is C19H26N2O4. The molecule has 25 heavy (non-hydrogen) atoms. The normalized spacial score (nSPS) is 12.8. The average molecular weight is 346 g/mol. The van der Waals surface area contributed by atoms with Crippen molar-refractivity contribution in [2.24, 2.45) is 11.5 Å². The fourth-order valence-electron chi connectivity index (χ4n) is 2.25. The minimum absolute atomic E-state index is 0.361. The number of aliphatic carboxylic acids is 2. The number of hydrogen-bond donors (Lipinski definition) is 4. The van der Waals surface area contributed by atoms with Gasteiger partial charge in [0.2, 0.25) is 0 Å².